The SMILES string of the molecule is C=CCC1(C(=O)Nc2ccc3[nH]nc(-c4ccnc(C)c4)c3c2)CCN(CC(=O)N2CCC(F)(c3nccs3)CC2)C1. The van der Waals surface area contributed by atoms with Gasteiger partial charge in [-0.05, 0) is 56.6 Å². The number of carbonyl (C=O) groups excluding carboxylic acids is 2. The molecule has 42 heavy (non-hydrogen) atoms. The minimum Gasteiger partial charge on any atom is -0.341 e. The highest BCUT2D eigenvalue weighted by Crippen LogP contribution is 2.39. The Bertz CT molecular complexity index is 1610. The molecule has 2 N–H and O–H groups in total. The second-order valence-electron chi connectivity index (χ2n) is 11.4. The van der Waals surface area contributed by atoms with E-state index < -0.39 is 11.1 Å². The Labute approximate surface area is 247 Å². The Balaban J connectivity index is 1.11. The minimum atomic E-state index is -1.47. The number of hydrogen-bond donors (Lipinski definition) is 2. The van der Waals surface area contributed by atoms with Crippen LogP contribution in [-0.4, -0.2) is 74.5 Å². The van der Waals surface area contributed by atoms with Crippen molar-refractivity contribution in [3.05, 3.63) is 71.5 Å². The molecule has 2 aliphatic heterocycles. The number of hydrogen-bond acceptors (Lipinski definition) is 7. The van der Waals surface area contributed by atoms with Crippen LogP contribution in [0.15, 0.2) is 60.8 Å². The number of alkyl halides is 1. The van der Waals surface area contributed by atoms with Crippen LogP contribution in [0.25, 0.3) is 22.2 Å². The van der Waals surface area contributed by atoms with Gasteiger partial charge in [-0.25, -0.2) is 9.37 Å². The molecule has 6 rings (SSSR count). The maximum Gasteiger partial charge on any atom is 0.236 e. The van der Waals surface area contributed by atoms with Gasteiger partial charge in [0.05, 0.1) is 17.5 Å². The van der Waals surface area contributed by atoms with Crippen LogP contribution in [0, 0.1) is 12.3 Å². The Hall–Kier alpha value is -3.96. The smallest absolute Gasteiger partial charge is 0.236 e. The number of aromatic nitrogens is 4. The third-order valence-electron chi connectivity index (χ3n) is 8.52. The summed E-state index contributed by atoms with van der Waals surface area (Å²) in [4.78, 5) is 39.1. The number of nitrogens with one attached hydrogen (secondary N) is 2. The van der Waals surface area contributed by atoms with Gasteiger partial charge in [0.1, 0.15) is 10.7 Å². The van der Waals surface area contributed by atoms with Gasteiger partial charge in [-0.3, -0.25) is 24.6 Å². The highest BCUT2D eigenvalue weighted by atomic mass is 32.1. The average Bonchev–Trinajstić information content (AvgIpc) is 3.75. The van der Waals surface area contributed by atoms with Crippen molar-refractivity contribution in [2.24, 2.45) is 5.41 Å². The van der Waals surface area contributed by atoms with E-state index >= 15 is 4.39 Å². The van der Waals surface area contributed by atoms with E-state index in [2.05, 4.69) is 32.1 Å². The molecule has 2 amide bonds. The Morgan fingerprint density at radius 1 is 1.14 bits per heavy atom. The summed E-state index contributed by atoms with van der Waals surface area (Å²) in [5, 5.41) is 13.9. The molecule has 1 aromatic carbocycles. The number of aromatic amines is 1. The molecule has 218 valence electrons. The van der Waals surface area contributed by atoms with Crippen molar-refractivity contribution in [1.82, 2.24) is 30.0 Å². The first kappa shape index (κ1) is 28.2. The lowest BCUT2D eigenvalue weighted by Gasteiger charge is -2.36. The zero-order valence-electron chi connectivity index (χ0n) is 23.6. The Morgan fingerprint density at radius 3 is 2.71 bits per heavy atom. The third kappa shape index (κ3) is 5.46. The Morgan fingerprint density at radius 2 is 1.98 bits per heavy atom. The van der Waals surface area contributed by atoms with E-state index in [0.29, 0.717) is 49.7 Å². The van der Waals surface area contributed by atoms with Crippen LogP contribution < -0.4 is 5.32 Å². The van der Waals surface area contributed by atoms with Gasteiger partial charge in [0.2, 0.25) is 11.8 Å². The van der Waals surface area contributed by atoms with E-state index in [1.165, 1.54) is 11.3 Å². The van der Waals surface area contributed by atoms with Gasteiger partial charge in [0.25, 0.3) is 0 Å². The maximum atomic E-state index is 15.4. The molecule has 1 atom stereocenters. The number of anilines is 1. The summed E-state index contributed by atoms with van der Waals surface area (Å²) < 4.78 is 15.4. The van der Waals surface area contributed by atoms with Crippen molar-refractivity contribution in [2.75, 3.05) is 38.0 Å². The van der Waals surface area contributed by atoms with E-state index in [4.69, 9.17) is 0 Å². The number of benzene rings is 1. The minimum absolute atomic E-state index is 0.0321. The summed E-state index contributed by atoms with van der Waals surface area (Å²) in [6.45, 7) is 7.85. The number of piperidine rings is 1. The molecule has 4 aromatic rings. The normalized spacial score (nSPS) is 20.6. The topological polar surface area (TPSA) is 107 Å². The molecular weight excluding hydrogens is 553 g/mol. The first-order chi connectivity index (χ1) is 20.3. The molecule has 0 saturated carbocycles. The Kier molecular flexibility index (Phi) is 7.63. The molecule has 0 aliphatic carbocycles. The van der Waals surface area contributed by atoms with Crippen molar-refractivity contribution in [2.45, 2.75) is 38.3 Å². The zero-order chi connectivity index (χ0) is 29.3. The molecule has 5 heterocycles. The van der Waals surface area contributed by atoms with Crippen LogP contribution in [0.2, 0.25) is 0 Å². The second-order valence-corrected chi connectivity index (χ2v) is 12.3. The van der Waals surface area contributed by atoms with Crippen LogP contribution in [0.1, 0.15) is 36.4 Å². The highest BCUT2D eigenvalue weighted by Gasteiger charge is 2.45. The highest BCUT2D eigenvalue weighted by molar-refractivity contribution is 7.09. The predicted molar refractivity (Wildman–Crippen MR) is 162 cm³/mol. The van der Waals surface area contributed by atoms with Gasteiger partial charge in [0.15, 0.2) is 5.67 Å². The molecule has 11 heteroatoms. The molecule has 2 saturated heterocycles. The average molecular weight is 588 g/mol. The number of thiazole rings is 1. The number of allylic oxidation sites excluding steroid dienone is 1. The number of aryl methyl sites for hydroxylation is 1. The molecule has 0 radical (unpaired) electrons. The molecule has 9 nitrogen and oxygen atoms in total. The lowest BCUT2D eigenvalue weighted by molar-refractivity contribution is -0.135. The van der Waals surface area contributed by atoms with Crippen molar-refractivity contribution in [3.63, 3.8) is 0 Å². The predicted octanol–water partition coefficient (Wildman–Crippen LogP) is 5.08. The van der Waals surface area contributed by atoms with Gasteiger partial charge >= 0.3 is 0 Å². The number of carbonyl (C=O) groups is 2. The summed E-state index contributed by atoms with van der Waals surface area (Å²) >= 11 is 1.32. The number of nitrogens with zero attached hydrogens (tertiary/aromatic N) is 5. The van der Waals surface area contributed by atoms with Crippen LogP contribution in [0.4, 0.5) is 10.1 Å². The van der Waals surface area contributed by atoms with E-state index in [0.717, 1.165) is 27.9 Å². The molecule has 2 aliphatic rings. The monoisotopic (exact) mass is 587 g/mol. The van der Waals surface area contributed by atoms with Crippen molar-refractivity contribution in [3.8, 4) is 11.3 Å². The molecule has 2 fully saturated rings. The summed E-state index contributed by atoms with van der Waals surface area (Å²) in [7, 11) is 0. The van der Waals surface area contributed by atoms with Gasteiger partial charge < -0.3 is 10.2 Å². The fourth-order valence-corrected chi connectivity index (χ4v) is 6.93. The lowest BCUT2D eigenvalue weighted by atomic mass is 9.82. The number of fused-ring (bicyclic) bond motifs is 1. The van der Waals surface area contributed by atoms with Crippen molar-refractivity contribution < 1.29 is 14.0 Å². The van der Waals surface area contributed by atoms with E-state index in [9.17, 15) is 9.59 Å². The maximum absolute atomic E-state index is 15.4. The number of H-pyrrole nitrogens is 1. The molecule has 0 bridgehead atoms. The standard InChI is InChI=1S/C31H34FN7O2S/c1-3-7-30(8-13-38(20-30)19-26(40)39-14-9-31(32,10-15-39)29-34-12-16-42-29)28(41)35-23-4-5-25-24(18-23)27(37-36-25)22-6-11-33-21(2)17-22/h3-6,11-12,16-18H,1,7-10,13-15,19-20H2,2H3,(H,35,41)(H,36,37). The number of pyridine rings is 1. The van der Waals surface area contributed by atoms with Crippen molar-refractivity contribution >= 4 is 39.7 Å². The first-order valence-corrected chi connectivity index (χ1v) is 15.1. The molecule has 3 aromatic heterocycles. The van der Waals surface area contributed by atoms with Gasteiger partial charge in [-0.15, -0.1) is 17.9 Å². The van der Waals surface area contributed by atoms with Crippen LogP contribution >= 0.6 is 11.3 Å². The number of likely N-dealkylation sites (tertiary alicyclic amines) is 2. The molecule has 0 spiro atoms. The number of rotatable bonds is 8. The summed E-state index contributed by atoms with van der Waals surface area (Å²) in [5.41, 5.74) is 2.04. The van der Waals surface area contributed by atoms with Crippen LogP contribution in [-0.2, 0) is 15.3 Å². The van der Waals surface area contributed by atoms with Gasteiger partial charge in [-0.2, -0.15) is 5.10 Å². The summed E-state index contributed by atoms with van der Waals surface area (Å²) in [6.07, 6.45) is 6.77. The number of amides is 2. The first-order valence-electron chi connectivity index (χ1n) is 14.2. The fraction of sp³-hybridized carbons (Fsp3) is 0.387. The summed E-state index contributed by atoms with van der Waals surface area (Å²) in [5.74, 6) is -0.125. The van der Waals surface area contributed by atoms with E-state index in [-0.39, 0.29) is 31.2 Å². The summed E-state index contributed by atoms with van der Waals surface area (Å²) in [6, 6.07) is 9.61. The zero-order valence-corrected chi connectivity index (χ0v) is 24.4. The lowest BCUT2D eigenvalue weighted by Crippen LogP contribution is -2.47. The molecular formula is C31H34FN7O2S. The molecule has 1 unspecified atom stereocenters. The quantitative estimate of drug-likeness (QED) is 0.279. The van der Waals surface area contributed by atoms with E-state index in [1.54, 1.807) is 28.7 Å². The van der Waals surface area contributed by atoms with E-state index in [1.807, 2.05) is 42.2 Å². The van der Waals surface area contributed by atoms with Gasteiger partial charge in [-0.1, -0.05) is 6.08 Å². The second kappa shape index (κ2) is 11.4. The largest absolute Gasteiger partial charge is 0.341 e. The van der Waals surface area contributed by atoms with Gasteiger partial charge in [0, 0.05) is 72.6 Å². The van der Waals surface area contributed by atoms with Crippen LogP contribution in [0.3, 0.4) is 0 Å². The third-order valence-corrected chi connectivity index (χ3v) is 9.48. The number of halogens is 1. The van der Waals surface area contributed by atoms with Crippen LogP contribution in [0.5, 0.6) is 0 Å². The fourth-order valence-electron chi connectivity index (χ4n) is 6.14. The van der Waals surface area contributed by atoms with Crippen molar-refractivity contribution in [1.29, 1.82) is 0 Å².